The number of hydrogen-bond donors (Lipinski definition) is 0. The largest absolute Gasteiger partial charge is 0.375 e. The molecule has 32 heavy (non-hydrogen) atoms. The lowest BCUT2D eigenvalue weighted by atomic mass is 10.0. The highest BCUT2D eigenvalue weighted by Crippen LogP contribution is 2.26. The fraction of sp³-hybridized carbons (Fsp3) is 0.929. The molecule has 0 aliphatic heterocycles. The van der Waals surface area contributed by atoms with E-state index in [9.17, 15) is 9.13 Å². The Bertz CT molecular complexity index is 486. The van der Waals surface area contributed by atoms with Crippen LogP contribution in [-0.4, -0.2) is 31.4 Å². The number of nitrogens with zero attached hydrogens (tertiary/aromatic N) is 1. The van der Waals surface area contributed by atoms with E-state index in [-0.39, 0.29) is 5.78 Å². The number of rotatable bonds is 24. The molecule has 1 unspecified atom stereocenters. The van der Waals surface area contributed by atoms with Crippen molar-refractivity contribution in [2.75, 3.05) is 21.1 Å². The van der Waals surface area contributed by atoms with E-state index in [0.717, 1.165) is 19.3 Å². The Morgan fingerprint density at radius 3 is 1.25 bits per heavy atom. The predicted molar refractivity (Wildman–Crippen MR) is 142 cm³/mol. The fourth-order valence-corrected chi connectivity index (χ4v) is 5.38. The van der Waals surface area contributed by atoms with Gasteiger partial charge in [0.15, 0.2) is 5.78 Å². The minimum atomic E-state index is -2.35. The Balaban J connectivity index is 3.31. The third-order valence-electron chi connectivity index (χ3n) is 6.61. The molecule has 0 saturated heterocycles. The second-order valence-electron chi connectivity index (χ2n) is 10.7. The lowest BCUT2D eigenvalue weighted by Crippen LogP contribution is -2.42. The zero-order chi connectivity index (χ0) is 23.9. The van der Waals surface area contributed by atoms with Crippen LogP contribution in [0.2, 0.25) is 0 Å². The van der Waals surface area contributed by atoms with Crippen molar-refractivity contribution < 1.29 is 13.6 Å². The molecule has 0 bridgehead atoms. The lowest BCUT2D eigenvalue weighted by molar-refractivity contribution is -0.882. The molecule has 0 aliphatic rings. The van der Waals surface area contributed by atoms with E-state index in [4.69, 9.17) is 0 Å². The maximum absolute atomic E-state index is 11.4. The predicted octanol–water partition coefficient (Wildman–Crippen LogP) is 9.96. The van der Waals surface area contributed by atoms with Crippen LogP contribution in [0.5, 0.6) is 0 Å². The Hall–Kier alpha value is -0.400. The summed E-state index contributed by atoms with van der Waals surface area (Å²) in [7, 11) is 3.53. The van der Waals surface area contributed by atoms with Gasteiger partial charge in [-0.25, -0.2) is 9.13 Å². The van der Waals surface area contributed by atoms with Gasteiger partial charge < -0.3 is 4.48 Å². The van der Waals surface area contributed by atoms with Crippen LogP contribution in [0.1, 0.15) is 142 Å². The lowest BCUT2D eigenvalue weighted by Gasteiger charge is -2.29. The first-order chi connectivity index (χ1) is 15.4. The second-order valence-corrected chi connectivity index (χ2v) is 11.9. The van der Waals surface area contributed by atoms with Crippen molar-refractivity contribution in [3.05, 3.63) is 12.2 Å². The molecule has 0 fully saturated rings. The van der Waals surface area contributed by atoms with Gasteiger partial charge in [0, 0.05) is 6.42 Å². The summed E-state index contributed by atoms with van der Waals surface area (Å²) >= 11 is 0. The van der Waals surface area contributed by atoms with Crippen LogP contribution >= 0.6 is 7.68 Å². The van der Waals surface area contributed by atoms with E-state index in [1.54, 1.807) is 0 Å². The van der Waals surface area contributed by atoms with Crippen LogP contribution < -0.4 is 0 Å². The average Bonchev–Trinajstić information content (AvgIpc) is 2.73. The van der Waals surface area contributed by atoms with Crippen LogP contribution in [0, 0.1) is 0 Å². The molecule has 0 aromatic rings. The molecule has 0 N–H and O–H groups in total. The van der Waals surface area contributed by atoms with Crippen molar-refractivity contribution in [3.63, 3.8) is 0 Å². The van der Waals surface area contributed by atoms with Gasteiger partial charge in [-0.1, -0.05) is 122 Å². The van der Waals surface area contributed by atoms with Crippen molar-refractivity contribution in [1.82, 2.24) is 0 Å². The van der Waals surface area contributed by atoms with E-state index in [2.05, 4.69) is 19.1 Å². The Morgan fingerprint density at radius 2 is 0.906 bits per heavy atom. The number of quaternary nitrogens is 1. The SMILES string of the molecule is CCCCCCCCCCCCCCCCCCCC=CCCCC(P(=O)=O)[N+](C)(C)C. The Morgan fingerprint density at radius 1 is 0.562 bits per heavy atom. The van der Waals surface area contributed by atoms with Crippen molar-refractivity contribution in [2.45, 2.75) is 148 Å². The van der Waals surface area contributed by atoms with Gasteiger partial charge in [0.1, 0.15) is 0 Å². The number of allylic oxidation sites excluding steroid dienone is 2. The van der Waals surface area contributed by atoms with Gasteiger partial charge in [-0.3, -0.25) is 0 Å². The second kappa shape index (κ2) is 22.4. The summed E-state index contributed by atoms with van der Waals surface area (Å²) in [6, 6.07) is 0. The van der Waals surface area contributed by atoms with Crippen LogP contribution in [0.25, 0.3) is 0 Å². The van der Waals surface area contributed by atoms with Gasteiger partial charge in [0.2, 0.25) is 0 Å². The van der Waals surface area contributed by atoms with Crippen molar-refractivity contribution in [3.8, 4) is 0 Å². The molecule has 190 valence electrons. The minimum absolute atomic E-state index is 0.261. The van der Waals surface area contributed by atoms with Crippen LogP contribution in [0.3, 0.4) is 0 Å². The highest BCUT2D eigenvalue weighted by Gasteiger charge is 2.28. The van der Waals surface area contributed by atoms with Gasteiger partial charge in [-0.05, 0) is 25.7 Å². The van der Waals surface area contributed by atoms with Crippen molar-refractivity contribution in [2.24, 2.45) is 0 Å². The van der Waals surface area contributed by atoms with Crippen LogP contribution in [0.15, 0.2) is 12.2 Å². The quantitative estimate of drug-likeness (QED) is 0.0608. The zero-order valence-corrected chi connectivity index (χ0v) is 23.2. The van der Waals surface area contributed by atoms with Gasteiger partial charge in [-0.2, -0.15) is 0 Å². The first kappa shape index (κ1) is 31.6. The third-order valence-corrected chi connectivity index (χ3v) is 8.05. The molecular formula is C28H57NO2P+. The number of unbranched alkanes of at least 4 members (excludes halogenated alkanes) is 18. The maximum Gasteiger partial charge on any atom is 0.375 e. The molecule has 0 amide bonds. The summed E-state index contributed by atoms with van der Waals surface area (Å²) in [5, 5.41) is 0. The fourth-order valence-electron chi connectivity index (χ4n) is 4.42. The van der Waals surface area contributed by atoms with Gasteiger partial charge in [-0.15, -0.1) is 0 Å². The van der Waals surface area contributed by atoms with E-state index >= 15 is 0 Å². The molecule has 3 nitrogen and oxygen atoms in total. The Labute approximate surface area is 202 Å². The van der Waals surface area contributed by atoms with E-state index in [0.29, 0.717) is 4.48 Å². The molecule has 0 radical (unpaired) electrons. The minimum Gasteiger partial charge on any atom is -0.317 e. The molecule has 0 spiro atoms. The first-order valence-electron chi connectivity index (χ1n) is 14.0. The summed E-state index contributed by atoms with van der Waals surface area (Å²) in [4.78, 5) is 0. The summed E-state index contributed by atoms with van der Waals surface area (Å²) < 4.78 is 23.3. The highest BCUT2D eigenvalue weighted by atomic mass is 31.1. The van der Waals surface area contributed by atoms with Gasteiger partial charge in [0.05, 0.1) is 21.1 Å². The maximum atomic E-state index is 11.4. The van der Waals surface area contributed by atoms with Crippen molar-refractivity contribution >= 4 is 7.68 Å². The van der Waals surface area contributed by atoms with Crippen LogP contribution in [-0.2, 0) is 9.13 Å². The summed E-state index contributed by atoms with van der Waals surface area (Å²) in [6.45, 7) is 2.29. The molecule has 1 atom stereocenters. The van der Waals surface area contributed by atoms with E-state index in [1.165, 1.54) is 116 Å². The van der Waals surface area contributed by atoms with Gasteiger partial charge >= 0.3 is 7.68 Å². The molecule has 4 heteroatoms. The standard InChI is InChI=1S/C28H57NO2P/c1-5-6-7-8-9-10-11-12-13-14-15-16-17-18-19-20-21-22-23-24-25-26-27-28(32(30)31)29(2,3)4/h23-24,28H,5-22,25-27H2,1-4H3/q+1. The van der Waals surface area contributed by atoms with Gasteiger partial charge in [0.25, 0.3) is 0 Å². The molecule has 0 aromatic heterocycles. The Kier molecular flexibility index (Phi) is 22.1. The summed E-state index contributed by atoms with van der Waals surface area (Å²) in [5.41, 5.74) is 0. The highest BCUT2D eigenvalue weighted by molar-refractivity contribution is 7.31. The van der Waals surface area contributed by atoms with Crippen LogP contribution in [0.4, 0.5) is 0 Å². The first-order valence-corrected chi connectivity index (χ1v) is 15.2. The molecule has 0 aromatic carbocycles. The summed E-state index contributed by atoms with van der Waals surface area (Å²) in [5.74, 6) is -0.261. The molecular weight excluding hydrogens is 413 g/mol. The zero-order valence-electron chi connectivity index (χ0n) is 22.3. The topological polar surface area (TPSA) is 34.1 Å². The average molecular weight is 471 g/mol. The number of hydrogen-bond acceptors (Lipinski definition) is 2. The summed E-state index contributed by atoms with van der Waals surface area (Å²) in [6.07, 6.45) is 32.5. The molecule has 0 aliphatic carbocycles. The molecule has 0 rings (SSSR count). The smallest absolute Gasteiger partial charge is 0.317 e. The van der Waals surface area contributed by atoms with Crippen molar-refractivity contribution in [1.29, 1.82) is 0 Å². The van der Waals surface area contributed by atoms with E-state index in [1.807, 2.05) is 21.1 Å². The van der Waals surface area contributed by atoms with E-state index < -0.39 is 7.68 Å². The molecule has 0 saturated carbocycles. The normalized spacial score (nSPS) is 13.1. The monoisotopic (exact) mass is 470 g/mol. The third kappa shape index (κ3) is 21.4. The molecule has 0 heterocycles.